The number of carbonyl (C=O) groups is 1. The van der Waals surface area contributed by atoms with E-state index in [2.05, 4.69) is 41.7 Å². The second-order valence-electron chi connectivity index (χ2n) is 7.86. The average Bonchev–Trinajstić information content (AvgIpc) is 3.56. The maximum absolute atomic E-state index is 12.9. The average molecular weight is 332 g/mol. The maximum atomic E-state index is 12.9. The fourth-order valence-corrected chi connectivity index (χ4v) is 3.99. The molecule has 25 heavy (non-hydrogen) atoms. The van der Waals surface area contributed by atoms with Crippen LogP contribution in [0, 0.1) is 5.92 Å². The second kappa shape index (κ2) is 5.99. The third-order valence-corrected chi connectivity index (χ3v) is 5.85. The number of carbonyl (C=O) groups excluding carboxylic acids is 1. The summed E-state index contributed by atoms with van der Waals surface area (Å²) in [5, 5.41) is 3.69. The number of hydrogen-bond acceptors (Lipinski definition) is 2. The molecule has 2 saturated carbocycles. The molecule has 2 fully saturated rings. The van der Waals surface area contributed by atoms with Crippen molar-refractivity contribution >= 4 is 5.91 Å². The largest absolute Gasteiger partial charge is 0.330 e. The van der Waals surface area contributed by atoms with Gasteiger partial charge in [0.2, 0.25) is 0 Å². The molecule has 0 spiro atoms. The van der Waals surface area contributed by atoms with Crippen molar-refractivity contribution in [3.63, 3.8) is 0 Å². The lowest BCUT2D eigenvalue weighted by molar-refractivity contribution is 0.0751. The molecule has 0 unspecified atom stereocenters. The van der Waals surface area contributed by atoms with Gasteiger partial charge in [0.05, 0.1) is 0 Å². The number of nitrogens with zero attached hydrogens (tertiary/aromatic N) is 1. The van der Waals surface area contributed by atoms with E-state index in [1.807, 2.05) is 17.0 Å². The molecular weight excluding hydrogens is 308 g/mol. The number of hydrogen-bond donors (Lipinski definition) is 1. The Hall–Kier alpha value is -2.13. The van der Waals surface area contributed by atoms with Gasteiger partial charge in [0.25, 0.3) is 5.91 Å². The zero-order chi connectivity index (χ0) is 16.8. The summed E-state index contributed by atoms with van der Waals surface area (Å²) in [4.78, 5) is 14.9. The van der Waals surface area contributed by atoms with Crippen LogP contribution >= 0.6 is 0 Å². The molecule has 5 rings (SSSR count). The van der Waals surface area contributed by atoms with E-state index in [0.717, 1.165) is 24.6 Å². The van der Waals surface area contributed by atoms with Crippen molar-refractivity contribution in [3.05, 3.63) is 70.8 Å². The Morgan fingerprint density at radius 2 is 1.80 bits per heavy atom. The van der Waals surface area contributed by atoms with Gasteiger partial charge in [0.15, 0.2) is 0 Å². The fraction of sp³-hybridized carbons (Fsp3) is 0.409. The van der Waals surface area contributed by atoms with Crippen molar-refractivity contribution < 1.29 is 4.79 Å². The summed E-state index contributed by atoms with van der Waals surface area (Å²) < 4.78 is 0. The normalized spacial score (nSPS) is 24.2. The lowest BCUT2D eigenvalue weighted by Gasteiger charge is -2.16. The van der Waals surface area contributed by atoms with Crippen molar-refractivity contribution in [2.45, 2.75) is 44.3 Å². The van der Waals surface area contributed by atoms with Crippen molar-refractivity contribution in [2.24, 2.45) is 5.92 Å². The molecule has 2 aromatic carbocycles. The highest BCUT2D eigenvalue weighted by atomic mass is 16.2. The Bertz CT molecular complexity index is 786. The number of benzene rings is 2. The van der Waals surface area contributed by atoms with E-state index in [0.29, 0.717) is 12.0 Å². The van der Waals surface area contributed by atoms with Gasteiger partial charge in [-0.05, 0) is 60.5 Å². The zero-order valence-corrected chi connectivity index (χ0v) is 14.4. The highest BCUT2D eigenvalue weighted by Gasteiger charge is 2.39. The quantitative estimate of drug-likeness (QED) is 0.905. The number of amides is 1. The van der Waals surface area contributed by atoms with Gasteiger partial charge in [-0.1, -0.05) is 36.4 Å². The van der Waals surface area contributed by atoms with Gasteiger partial charge in [0.1, 0.15) is 0 Å². The monoisotopic (exact) mass is 332 g/mol. The van der Waals surface area contributed by atoms with E-state index in [9.17, 15) is 4.79 Å². The molecule has 0 bridgehead atoms. The Balaban J connectivity index is 1.26. The minimum Gasteiger partial charge on any atom is -0.330 e. The highest BCUT2D eigenvalue weighted by molar-refractivity contribution is 5.94. The predicted molar refractivity (Wildman–Crippen MR) is 98.3 cm³/mol. The van der Waals surface area contributed by atoms with Crippen LogP contribution in [0.25, 0.3) is 0 Å². The third-order valence-electron chi connectivity index (χ3n) is 5.85. The van der Waals surface area contributed by atoms with Gasteiger partial charge in [-0.25, -0.2) is 0 Å². The van der Waals surface area contributed by atoms with E-state index < -0.39 is 0 Å². The smallest absolute Gasteiger partial charge is 0.254 e. The van der Waals surface area contributed by atoms with E-state index in [4.69, 9.17) is 0 Å². The number of nitrogens with one attached hydrogen (secondary N) is 1. The lowest BCUT2D eigenvalue weighted by atomic mass is 10.1. The molecule has 128 valence electrons. The summed E-state index contributed by atoms with van der Waals surface area (Å²) in [5.41, 5.74) is 4.70. The molecule has 2 atom stereocenters. The van der Waals surface area contributed by atoms with Gasteiger partial charge in [-0.2, -0.15) is 0 Å². The molecule has 1 N–H and O–H groups in total. The van der Waals surface area contributed by atoms with Crippen LogP contribution < -0.4 is 5.32 Å². The molecule has 3 aliphatic rings. The molecule has 1 amide bonds. The molecule has 3 heteroatoms. The van der Waals surface area contributed by atoms with Crippen molar-refractivity contribution in [1.82, 2.24) is 10.2 Å². The first-order valence-electron chi connectivity index (χ1n) is 9.47. The Morgan fingerprint density at radius 3 is 2.52 bits per heavy atom. The molecule has 0 radical (unpaired) electrons. The molecule has 1 aliphatic heterocycles. The lowest BCUT2D eigenvalue weighted by Crippen LogP contribution is -2.25. The summed E-state index contributed by atoms with van der Waals surface area (Å²) in [6.07, 6.45) is 4.00. The summed E-state index contributed by atoms with van der Waals surface area (Å²) in [5.74, 6) is 1.66. The third kappa shape index (κ3) is 3.09. The minimum atomic E-state index is 0.154. The summed E-state index contributed by atoms with van der Waals surface area (Å²) in [7, 11) is 0. The van der Waals surface area contributed by atoms with E-state index in [1.54, 1.807) is 0 Å². The van der Waals surface area contributed by atoms with Gasteiger partial charge in [0, 0.05) is 30.6 Å². The van der Waals surface area contributed by atoms with E-state index in [1.165, 1.54) is 42.5 Å². The van der Waals surface area contributed by atoms with Crippen LogP contribution in [0.2, 0.25) is 0 Å². The first-order chi connectivity index (χ1) is 12.3. The van der Waals surface area contributed by atoms with Gasteiger partial charge < -0.3 is 10.2 Å². The van der Waals surface area contributed by atoms with Crippen LogP contribution in [0.3, 0.4) is 0 Å². The van der Waals surface area contributed by atoms with Crippen LogP contribution in [0.15, 0.2) is 48.5 Å². The molecular formula is C22H24N2O. The van der Waals surface area contributed by atoms with Crippen LogP contribution in [0.4, 0.5) is 0 Å². The Kier molecular flexibility index (Phi) is 3.63. The summed E-state index contributed by atoms with van der Waals surface area (Å²) >= 11 is 0. The molecule has 2 aromatic rings. The Labute approximate surface area is 149 Å². The highest BCUT2D eigenvalue weighted by Crippen LogP contribution is 2.42. The van der Waals surface area contributed by atoms with Crippen LogP contribution in [0.1, 0.15) is 52.2 Å². The van der Waals surface area contributed by atoms with E-state index in [-0.39, 0.29) is 5.91 Å². The molecule has 0 aromatic heterocycles. The van der Waals surface area contributed by atoms with Crippen LogP contribution in [0.5, 0.6) is 0 Å². The first-order valence-corrected chi connectivity index (χ1v) is 9.47. The fourth-order valence-electron chi connectivity index (χ4n) is 3.99. The summed E-state index contributed by atoms with van der Waals surface area (Å²) in [6.45, 7) is 2.63. The van der Waals surface area contributed by atoms with Gasteiger partial charge in [-0.3, -0.25) is 4.79 Å². The van der Waals surface area contributed by atoms with Gasteiger partial charge >= 0.3 is 0 Å². The second-order valence-corrected chi connectivity index (χ2v) is 7.86. The number of fused-ring (bicyclic) bond motifs is 1. The van der Waals surface area contributed by atoms with Crippen molar-refractivity contribution in [3.8, 4) is 0 Å². The van der Waals surface area contributed by atoms with E-state index >= 15 is 0 Å². The predicted octanol–water partition coefficient (Wildman–Crippen LogP) is 3.70. The molecule has 2 aliphatic carbocycles. The molecule has 3 nitrogen and oxygen atoms in total. The molecule has 0 saturated heterocycles. The SMILES string of the molecule is O=C(c1cccc([C@@H]2C[C@H]2NCC2CC2)c1)N1Cc2ccccc2C1. The van der Waals surface area contributed by atoms with Crippen molar-refractivity contribution in [2.75, 3.05) is 6.54 Å². The summed E-state index contributed by atoms with van der Waals surface area (Å²) in [6, 6.07) is 17.3. The van der Waals surface area contributed by atoms with Gasteiger partial charge in [-0.15, -0.1) is 0 Å². The van der Waals surface area contributed by atoms with Crippen LogP contribution in [-0.2, 0) is 13.1 Å². The maximum Gasteiger partial charge on any atom is 0.254 e. The Morgan fingerprint density at radius 1 is 1.04 bits per heavy atom. The van der Waals surface area contributed by atoms with Crippen LogP contribution in [-0.4, -0.2) is 23.4 Å². The first kappa shape index (κ1) is 15.2. The zero-order valence-electron chi connectivity index (χ0n) is 14.4. The topological polar surface area (TPSA) is 32.3 Å². The number of rotatable bonds is 5. The standard InChI is InChI=1S/C22H24N2O/c25-22(24-13-18-4-1-2-5-19(18)14-24)17-7-3-6-16(10-17)20-11-21(20)23-12-15-8-9-15/h1-7,10,15,20-21,23H,8-9,11-14H2/t20-,21+/m0/s1. The minimum absolute atomic E-state index is 0.154. The molecule has 1 heterocycles. The van der Waals surface area contributed by atoms with Crippen molar-refractivity contribution in [1.29, 1.82) is 0 Å².